The van der Waals surface area contributed by atoms with E-state index in [1.54, 1.807) is 0 Å². The van der Waals surface area contributed by atoms with Gasteiger partial charge in [-0.25, -0.2) is 0 Å². The van der Waals surface area contributed by atoms with Gasteiger partial charge in [-0.2, -0.15) is 0 Å². The highest BCUT2D eigenvalue weighted by Crippen LogP contribution is 2.53. The summed E-state index contributed by atoms with van der Waals surface area (Å²) < 4.78 is 2.29. The van der Waals surface area contributed by atoms with Gasteiger partial charge in [0, 0.05) is 14.4 Å². The minimum absolute atomic E-state index is 0.0665. The Balaban J connectivity index is 1.93. The molecule has 0 unspecified atom stereocenters. The van der Waals surface area contributed by atoms with Gasteiger partial charge in [-0.3, -0.25) is 0 Å². The molecule has 3 rings (SSSR count). The topological polar surface area (TPSA) is 0 Å². The maximum Gasteiger partial charge on any atom is 0.0392 e. The second-order valence-electron chi connectivity index (χ2n) is 7.07. The van der Waals surface area contributed by atoms with Gasteiger partial charge < -0.3 is 0 Å². The van der Waals surface area contributed by atoms with E-state index in [1.165, 1.54) is 60.8 Å². The SMILES string of the molecule is C=CC1(CCCCCCCC)c2cc(Br)ccc2-c2ccc(Br)cc21. The maximum absolute atomic E-state index is 4.27. The van der Waals surface area contributed by atoms with Gasteiger partial charge in [0.05, 0.1) is 0 Å². The minimum atomic E-state index is -0.0665. The van der Waals surface area contributed by atoms with E-state index in [0.29, 0.717) is 0 Å². The molecule has 0 atom stereocenters. The third kappa shape index (κ3) is 3.66. The third-order valence-electron chi connectivity index (χ3n) is 5.49. The van der Waals surface area contributed by atoms with Crippen LogP contribution in [0.25, 0.3) is 11.1 Å². The van der Waals surface area contributed by atoms with E-state index in [2.05, 4.69) is 87.8 Å². The monoisotopic (exact) mass is 460 g/mol. The van der Waals surface area contributed by atoms with Crippen LogP contribution in [-0.4, -0.2) is 0 Å². The van der Waals surface area contributed by atoms with E-state index in [0.717, 1.165) is 15.4 Å². The highest BCUT2D eigenvalue weighted by atomic mass is 79.9. The van der Waals surface area contributed by atoms with Crippen LogP contribution in [0.2, 0.25) is 0 Å². The van der Waals surface area contributed by atoms with E-state index >= 15 is 0 Å². The van der Waals surface area contributed by atoms with Crippen LogP contribution in [0.4, 0.5) is 0 Å². The zero-order valence-corrected chi connectivity index (χ0v) is 18.1. The number of hydrogen-bond donors (Lipinski definition) is 0. The van der Waals surface area contributed by atoms with Crippen molar-refractivity contribution in [2.75, 3.05) is 0 Å². The first-order valence-electron chi connectivity index (χ1n) is 9.36. The van der Waals surface area contributed by atoms with Crippen molar-refractivity contribution in [3.05, 3.63) is 69.1 Å². The molecule has 0 aliphatic heterocycles. The second kappa shape index (κ2) is 8.22. The van der Waals surface area contributed by atoms with Crippen molar-refractivity contribution >= 4 is 31.9 Å². The predicted octanol–water partition coefficient (Wildman–Crippen LogP) is 8.41. The van der Waals surface area contributed by atoms with Crippen LogP contribution in [0.1, 0.15) is 63.0 Å². The first kappa shape index (κ1) is 18.9. The first-order valence-corrected chi connectivity index (χ1v) is 10.9. The highest BCUT2D eigenvalue weighted by Gasteiger charge is 2.40. The Morgan fingerprint density at radius 1 is 0.840 bits per heavy atom. The fourth-order valence-electron chi connectivity index (χ4n) is 4.16. The van der Waals surface area contributed by atoms with Gasteiger partial charge in [-0.15, -0.1) is 6.58 Å². The number of halogens is 2. The molecule has 2 aromatic rings. The number of hydrogen-bond acceptors (Lipinski definition) is 0. The zero-order chi connectivity index (χ0) is 17.9. The molecule has 132 valence electrons. The summed E-state index contributed by atoms with van der Waals surface area (Å²) in [6.07, 6.45) is 11.2. The van der Waals surface area contributed by atoms with Crippen molar-refractivity contribution in [3.63, 3.8) is 0 Å². The van der Waals surface area contributed by atoms with Crippen LogP contribution in [0.5, 0.6) is 0 Å². The lowest BCUT2D eigenvalue weighted by Gasteiger charge is -2.29. The van der Waals surface area contributed by atoms with Gasteiger partial charge in [0.2, 0.25) is 0 Å². The molecule has 1 aliphatic rings. The molecule has 0 nitrogen and oxygen atoms in total. The molecule has 0 amide bonds. The van der Waals surface area contributed by atoms with Crippen LogP contribution in [0, 0.1) is 0 Å². The molecule has 25 heavy (non-hydrogen) atoms. The van der Waals surface area contributed by atoms with Crippen molar-refractivity contribution in [1.82, 2.24) is 0 Å². The van der Waals surface area contributed by atoms with Crippen LogP contribution >= 0.6 is 31.9 Å². The Labute approximate surface area is 169 Å². The minimum Gasteiger partial charge on any atom is -0.102 e. The molecule has 0 radical (unpaired) electrons. The van der Waals surface area contributed by atoms with Crippen LogP contribution in [-0.2, 0) is 5.41 Å². The molecule has 2 heteroatoms. The standard InChI is InChI=1S/C23H26Br2/c1-3-5-6-7-8-9-14-23(4-2)21-15-17(24)10-12-19(21)20-13-11-18(25)16-22(20)23/h4,10-13,15-16H,2-3,5-9,14H2,1H3. The number of benzene rings is 2. The van der Waals surface area contributed by atoms with E-state index in [4.69, 9.17) is 0 Å². The highest BCUT2D eigenvalue weighted by molar-refractivity contribution is 9.10. The molecule has 0 N–H and O–H groups in total. The predicted molar refractivity (Wildman–Crippen MR) is 116 cm³/mol. The average molecular weight is 462 g/mol. The molecule has 1 aliphatic carbocycles. The summed E-state index contributed by atoms with van der Waals surface area (Å²) in [5.74, 6) is 0. The van der Waals surface area contributed by atoms with Crippen LogP contribution in [0.15, 0.2) is 58.0 Å². The average Bonchev–Trinajstić information content (AvgIpc) is 2.87. The van der Waals surface area contributed by atoms with Crippen molar-refractivity contribution in [3.8, 4) is 11.1 Å². The number of fused-ring (bicyclic) bond motifs is 3. The van der Waals surface area contributed by atoms with Crippen molar-refractivity contribution in [1.29, 1.82) is 0 Å². The molecule has 0 saturated heterocycles. The van der Waals surface area contributed by atoms with Gasteiger partial charge in [-0.1, -0.05) is 95.5 Å². The molecule has 2 aromatic carbocycles. The number of unbranched alkanes of at least 4 members (excludes halogenated alkanes) is 5. The lowest BCUT2D eigenvalue weighted by molar-refractivity contribution is 0.518. The molecule has 0 fully saturated rings. The Hall–Kier alpha value is -0.860. The summed E-state index contributed by atoms with van der Waals surface area (Å²) in [6, 6.07) is 13.4. The van der Waals surface area contributed by atoms with Gasteiger partial charge in [0.1, 0.15) is 0 Å². The molecule has 0 heterocycles. The fraction of sp³-hybridized carbons (Fsp3) is 0.391. The summed E-state index contributed by atoms with van der Waals surface area (Å²) in [5.41, 5.74) is 5.45. The maximum atomic E-state index is 4.27. The molecular formula is C23H26Br2. The van der Waals surface area contributed by atoms with Crippen molar-refractivity contribution < 1.29 is 0 Å². The summed E-state index contributed by atoms with van der Waals surface area (Å²) >= 11 is 7.34. The zero-order valence-electron chi connectivity index (χ0n) is 15.0. The number of rotatable bonds is 8. The van der Waals surface area contributed by atoms with Gasteiger partial charge in [0.25, 0.3) is 0 Å². The van der Waals surface area contributed by atoms with E-state index < -0.39 is 0 Å². The van der Waals surface area contributed by atoms with Crippen LogP contribution in [0.3, 0.4) is 0 Å². The van der Waals surface area contributed by atoms with Gasteiger partial charge >= 0.3 is 0 Å². The number of allylic oxidation sites excluding steroid dienone is 1. The third-order valence-corrected chi connectivity index (χ3v) is 6.47. The lowest BCUT2D eigenvalue weighted by Crippen LogP contribution is -2.22. The first-order chi connectivity index (χ1) is 12.1. The summed E-state index contributed by atoms with van der Waals surface area (Å²) in [6.45, 7) is 6.54. The van der Waals surface area contributed by atoms with Crippen molar-refractivity contribution in [2.45, 2.75) is 57.3 Å². The van der Waals surface area contributed by atoms with Crippen LogP contribution < -0.4 is 0 Å². The Morgan fingerprint density at radius 2 is 1.36 bits per heavy atom. The summed E-state index contributed by atoms with van der Waals surface area (Å²) in [5, 5.41) is 0. The molecular weight excluding hydrogens is 436 g/mol. The van der Waals surface area contributed by atoms with E-state index in [1.807, 2.05) is 0 Å². The largest absolute Gasteiger partial charge is 0.102 e. The lowest BCUT2D eigenvalue weighted by atomic mass is 9.74. The van der Waals surface area contributed by atoms with Gasteiger partial charge in [0.15, 0.2) is 0 Å². The molecule has 0 spiro atoms. The quantitative estimate of drug-likeness (QED) is 0.273. The second-order valence-corrected chi connectivity index (χ2v) is 8.90. The molecule has 0 saturated carbocycles. The Kier molecular flexibility index (Phi) is 6.22. The molecule has 0 aromatic heterocycles. The molecule has 0 bridgehead atoms. The summed E-state index contributed by atoms with van der Waals surface area (Å²) in [7, 11) is 0. The smallest absolute Gasteiger partial charge is 0.0392 e. The van der Waals surface area contributed by atoms with Gasteiger partial charge in [-0.05, 0) is 52.9 Å². The fourth-order valence-corrected chi connectivity index (χ4v) is 4.88. The Morgan fingerprint density at radius 3 is 1.88 bits per heavy atom. The summed E-state index contributed by atoms with van der Waals surface area (Å²) in [4.78, 5) is 0. The van der Waals surface area contributed by atoms with Crippen molar-refractivity contribution in [2.24, 2.45) is 0 Å². The van der Waals surface area contributed by atoms with E-state index in [9.17, 15) is 0 Å². The van der Waals surface area contributed by atoms with E-state index in [-0.39, 0.29) is 5.41 Å². The Bertz CT molecular complexity index is 709. The normalized spacial score (nSPS) is 14.2.